The number of nitrogens with one attached hydrogen (secondary N) is 2. The lowest BCUT2D eigenvalue weighted by Gasteiger charge is -2.02. The van der Waals surface area contributed by atoms with Gasteiger partial charge in [0.25, 0.3) is 0 Å². The molecule has 0 aliphatic heterocycles. The van der Waals surface area contributed by atoms with Crippen LogP contribution in [0, 0.1) is 0 Å². The predicted molar refractivity (Wildman–Crippen MR) is 56.7 cm³/mol. The summed E-state index contributed by atoms with van der Waals surface area (Å²) in [5.41, 5.74) is 0. The number of ether oxygens (including phenoxy) is 2. The van der Waals surface area contributed by atoms with Crippen molar-refractivity contribution in [1.29, 1.82) is 0 Å². The lowest BCUT2D eigenvalue weighted by atomic mass is 10.5. The van der Waals surface area contributed by atoms with Crippen molar-refractivity contribution in [1.82, 2.24) is 30.4 Å². The van der Waals surface area contributed by atoms with Gasteiger partial charge in [-0.25, -0.2) is 9.97 Å². The summed E-state index contributed by atoms with van der Waals surface area (Å²) < 4.78 is 10.7. The van der Waals surface area contributed by atoms with E-state index in [4.69, 9.17) is 9.47 Å². The van der Waals surface area contributed by atoms with Gasteiger partial charge in [-0.3, -0.25) is 10.2 Å². The summed E-state index contributed by atoms with van der Waals surface area (Å²) >= 11 is 0. The average molecular weight is 238 g/mol. The van der Waals surface area contributed by atoms with E-state index in [0.29, 0.717) is 26.4 Å². The first kappa shape index (κ1) is 11.7. The molecule has 2 heterocycles. The van der Waals surface area contributed by atoms with Crippen molar-refractivity contribution in [2.24, 2.45) is 0 Å². The molecular weight excluding hydrogens is 224 g/mol. The van der Waals surface area contributed by atoms with E-state index in [9.17, 15) is 0 Å². The van der Waals surface area contributed by atoms with Crippen LogP contribution in [-0.2, 0) is 22.7 Å². The molecule has 8 nitrogen and oxygen atoms in total. The van der Waals surface area contributed by atoms with Gasteiger partial charge in [-0.2, -0.15) is 10.2 Å². The van der Waals surface area contributed by atoms with Gasteiger partial charge in [-0.15, -0.1) is 0 Å². The van der Waals surface area contributed by atoms with Crippen LogP contribution >= 0.6 is 0 Å². The molecule has 2 aromatic rings. The van der Waals surface area contributed by atoms with E-state index < -0.39 is 0 Å². The normalized spacial score (nSPS) is 10.8. The second-order valence-electron chi connectivity index (χ2n) is 3.32. The van der Waals surface area contributed by atoms with Crippen molar-refractivity contribution in [3.8, 4) is 0 Å². The van der Waals surface area contributed by atoms with Crippen molar-refractivity contribution in [2.75, 3.05) is 13.2 Å². The van der Waals surface area contributed by atoms with Gasteiger partial charge < -0.3 is 9.47 Å². The molecule has 0 saturated heterocycles. The highest BCUT2D eigenvalue weighted by Crippen LogP contribution is 1.94. The van der Waals surface area contributed by atoms with E-state index in [1.54, 1.807) is 0 Å². The van der Waals surface area contributed by atoms with Crippen molar-refractivity contribution in [3.05, 3.63) is 24.3 Å². The minimum Gasteiger partial charge on any atom is -0.373 e. The van der Waals surface area contributed by atoms with E-state index in [1.807, 2.05) is 0 Å². The minimum absolute atomic E-state index is 0.447. The largest absolute Gasteiger partial charge is 0.373 e. The van der Waals surface area contributed by atoms with E-state index in [-0.39, 0.29) is 0 Å². The molecule has 0 saturated carbocycles. The summed E-state index contributed by atoms with van der Waals surface area (Å²) in [7, 11) is 0. The Kier molecular flexibility index (Phi) is 4.61. The van der Waals surface area contributed by atoms with Crippen molar-refractivity contribution in [3.63, 3.8) is 0 Å². The molecule has 2 rings (SSSR count). The summed E-state index contributed by atoms with van der Waals surface area (Å²) in [6, 6.07) is 0. The van der Waals surface area contributed by atoms with Crippen LogP contribution in [0.25, 0.3) is 0 Å². The van der Waals surface area contributed by atoms with Gasteiger partial charge in [0.15, 0.2) is 0 Å². The number of nitrogens with zero attached hydrogens (tertiary/aromatic N) is 4. The highest BCUT2D eigenvalue weighted by molar-refractivity contribution is 4.75. The second-order valence-corrected chi connectivity index (χ2v) is 3.32. The summed E-state index contributed by atoms with van der Waals surface area (Å²) in [6.07, 6.45) is 3.74. The number of hydrogen-bond acceptors (Lipinski definition) is 6. The van der Waals surface area contributed by atoms with Crippen molar-refractivity contribution < 1.29 is 9.47 Å². The van der Waals surface area contributed by atoms with Crippen LogP contribution in [0.4, 0.5) is 0 Å². The first-order chi connectivity index (χ1) is 8.45. The Labute approximate surface area is 97.8 Å². The molecule has 0 spiro atoms. The lowest BCUT2D eigenvalue weighted by molar-refractivity contribution is 0.0652. The molecule has 2 aromatic heterocycles. The molecule has 0 unspecified atom stereocenters. The van der Waals surface area contributed by atoms with Crippen LogP contribution in [0.5, 0.6) is 0 Å². The van der Waals surface area contributed by atoms with E-state index >= 15 is 0 Å². The van der Waals surface area contributed by atoms with Gasteiger partial charge in [-0.05, 0) is 6.42 Å². The fourth-order valence-electron chi connectivity index (χ4n) is 1.20. The van der Waals surface area contributed by atoms with Crippen LogP contribution in [0.15, 0.2) is 12.7 Å². The summed E-state index contributed by atoms with van der Waals surface area (Å²) in [5, 5.41) is 12.9. The molecule has 0 radical (unpaired) electrons. The number of aromatic amines is 2. The zero-order valence-corrected chi connectivity index (χ0v) is 9.30. The zero-order chi connectivity index (χ0) is 11.8. The van der Waals surface area contributed by atoms with E-state index in [1.165, 1.54) is 12.7 Å². The molecule has 0 fully saturated rings. The third-order valence-electron chi connectivity index (χ3n) is 1.98. The highest BCUT2D eigenvalue weighted by atomic mass is 16.5. The third kappa shape index (κ3) is 4.29. The Hall–Kier alpha value is -1.80. The fraction of sp³-hybridized carbons (Fsp3) is 0.556. The molecule has 2 N–H and O–H groups in total. The van der Waals surface area contributed by atoms with Gasteiger partial charge in [0, 0.05) is 13.2 Å². The molecule has 92 valence electrons. The first-order valence-corrected chi connectivity index (χ1v) is 5.29. The molecule has 17 heavy (non-hydrogen) atoms. The SMILES string of the molecule is c1n[nH]c(COCCCOCc2ncn[nH]2)n1. The van der Waals surface area contributed by atoms with E-state index in [2.05, 4.69) is 30.4 Å². The molecule has 0 aromatic carbocycles. The Bertz CT molecular complexity index is 349. The summed E-state index contributed by atoms with van der Waals surface area (Å²) in [5.74, 6) is 1.46. The monoisotopic (exact) mass is 238 g/mol. The topological polar surface area (TPSA) is 102 Å². The quantitative estimate of drug-likeness (QED) is 0.630. The Balaban J connectivity index is 1.44. The zero-order valence-electron chi connectivity index (χ0n) is 9.30. The number of rotatable bonds is 8. The maximum atomic E-state index is 5.37. The van der Waals surface area contributed by atoms with Crippen LogP contribution < -0.4 is 0 Å². The van der Waals surface area contributed by atoms with Crippen LogP contribution in [-0.4, -0.2) is 43.6 Å². The highest BCUT2D eigenvalue weighted by Gasteiger charge is 1.97. The molecule has 0 bridgehead atoms. The van der Waals surface area contributed by atoms with Gasteiger partial charge in [-0.1, -0.05) is 0 Å². The minimum atomic E-state index is 0.447. The van der Waals surface area contributed by atoms with Crippen molar-refractivity contribution in [2.45, 2.75) is 19.6 Å². The average Bonchev–Trinajstić information content (AvgIpc) is 3.00. The molecule has 0 amide bonds. The summed E-state index contributed by atoms with van der Waals surface area (Å²) in [4.78, 5) is 7.88. The Morgan fingerprint density at radius 1 is 0.882 bits per heavy atom. The molecule has 8 heteroatoms. The fourth-order valence-corrected chi connectivity index (χ4v) is 1.20. The number of H-pyrrole nitrogens is 2. The smallest absolute Gasteiger partial charge is 0.150 e. The molecule has 0 aliphatic rings. The predicted octanol–water partition coefficient (Wildman–Crippen LogP) is 0.0463. The standard InChI is InChI=1S/C9H14N6O2/c1(2-16-4-8-10-6-12-14-8)3-17-5-9-11-7-13-15-9/h6-7H,1-5H2,(H,10,12,14)(H,11,13,15). The van der Waals surface area contributed by atoms with Crippen LogP contribution in [0.2, 0.25) is 0 Å². The second kappa shape index (κ2) is 6.71. The van der Waals surface area contributed by atoms with Gasteiger partial charge in [0.1, 0.15) is 37.5 Å². The molecule has 0 aliphatic carbocycles. The van der Waals surface area contributed by atoms with E-state index in [0.717, 1.165) is 18.1 Å². The van der Waals surface area contributed by atoms with Crippen molar-refractivity contribution >= 4 is 0 Å². The van der Waals surface area contributed by atoms with Gasteiger partial charge in [0.2, 0.25) is 0 Å². The molecule has 0 atom stereocenters. The van der Waals surface area contributed by atoms with Crippen LogP contribution in [0.3, 0.4) is 0 Å². The summed E-state index contributed by atoms with van der Waals surface area (Å²) in [6.45, 7) is 2.14. The third-order valence-corrected chi connectivity index (χ3v) is 1.98. The van der Waals surface area contributed by atoms with Gasteiger partial charge in [0.05, 0.1) is 0 Å². The lowest BCUT2D eigenvalue weighted by Crippen LogP contribution is -2.03. The molecular formula is C9H14N6O2. The Morgan fingerprint density at radius 3 is 1.82 bits per heavy atom. The van der Waals surface area contributed by atoms with Crippen LogP contribution in [0.1, 0.15) is 18.1 Å². The van der Waals surface area contributed by atoms with Gasteiger partial charge >= 0.3 is 0 Å². The number of hydrogen-bond donors (Lipinski definition) is 2. The number of aromatic nitrogens is 6. The first-order valence-electron chi connectivity index (χ1n) is 5.29. The Morgan fingerprint density at radius 2 is 1.41 bits per heavy atom. The maximum Gasteiger partial charge on any atom is 0.150 e. The maximum absolute atomic E-state index is 5.37.